The van der Waals surface area contributed by atoms with Gasteiger partial charge in [-0.25, -0.2) is 0 Å². The molecule has 0 spiro atoms. The predicted octanol–water partition coefficient (Wildman–Crippen LogP) is 1.83. The van der Waals surface area contributed by atoms with Crippen LogP contribution in [0.3, 0.4) is 0 Å². The Hall–Kier alpha value is -1.57. The van der Waals surface area contributed by atoms with Crippen LogP contribution in [0.2, 0.25) is 0 Å². The molecule has 0 saturated heterocycles. The highest BCUT2D eigenvalue weighted by atomic mass is 16.4. The second-order valence-electron chi connectivity index (χ2n) is 5.81. The highest BCUT2D eigenvalue weighted by Gasteiger charge is 2.43. The zero-order valence-electron chi connectivity index (χ0n) is 11.0. The van der Waals surface area contributed by atoms with Gasteiger partial charge in [0.15, 0.2) is 0 Å². The van der Waals surface area contributed by atoms with Crippen molar-refractivity contribution in [2.24, 2.45) is 11.3 Å². The molecule has 2 atom stereocenters. The maximum absolute atomic E-state index is 12.0. The molecule has 0 aromatic heterocycles. The number of aliphatic carboxylic acids is 1. The third-order valence-corrected chi connectivity index (χ3v) is 4.54. The van der Waals surface area contributed by atoms with Crippen LogP contribution in [0, 0.1) is 22.7 Å². The van der Waals surface area contributed by atoms with Gasteiger partial charge in [-0.05, 0) is 32.1 Å². The quantitative estimate of drug-likeness (QED) is 0.810. The minimum absolute atomic E-state index is 0.0526. The van der Waals surface area contributed by atoms with Crippen LogP contribution in [-0.2, 0) is 9.59 Å². The van der Waals surface area contributed by atoms with E-state index in [0.717, 1.165) is 32.1 Å². The van der Waals surface area contributed by atoms with E-state index in [-0.39, 0.29) is 24.3 Å². The molecule has 2 unspecified atom stereocenters. The van der Waals surface area contributed by atoms with E-state index < -0.39 is 11.4 Å². The summed E-state index contributed by atoms with van der Waals surface area (Å²) < 4.78 is 0. The minimum Gasteiger partial charge on any atom is -0.481 e. The van der Waals surface area contributed by atoms with Gasteiger partial charge in [-0.15, -0.1) is 0 Å². The standard InChI is InChI=1S/C14H20N2O3/c15-9-10-4-3-5-11(10)16-12(17)8-14(13(18)19)6-1-2-7-14/h10-11H,1-8H2,(H,16,17)(H,18,19). The normalized spacial score (nSPS) is 28.8. The first kappa shape index (κ1) is 13.9. The van der Waals surface area contributed by atoms with Crippen molar-refractivity contribution in [2.45, 2.75) is 57.4 Å². The first-order chi connectivity index (χ1) is 9.07. The first-order valence-electron chi connectivity index (χ1n) is 7.00. The summed E-state index contributed by atoms with van der Waals surface area (Å²) in [5.74, 6) is -1.19. The third-order valence-electron chi connectivity index (χ3n) is 4.54. The molecule has 5 nitrogen and oxygen atoms in total. The number of carbonyl (C=O) groups excluding carboxylic acids is 1. The van der Waals surface area contributed by atoms with Crippen LogP contribution in [0.15, 0.2) is 0 Å². The van der Waals surface area contributed by atoms with Crippen molar-refractivity contribution < 1.29 is 14.7 Å². The summed E-state index contributed by atoms with van der Waals surface area (Å²) in [5, 5.41) is 21.2. The van der Waals surface area contributed by atoms with Crippen molar-refractivity contribution in [2.75, 3.05) is 0 Å². The van der Waals surface area contributed by atoms with Crippen LogP contribution in [0.4, 0.5) is 0 Å². The Morgan fingerprint density at radius 1 is 1.26 bits per heavy atom. The number of carboxylic acid groups (broad SMARTS) is 1. The van der Waals surface area contributed by atoms with Gasteiger partial charge < -0.3 is 10.4 Å². The molecular weight excluding hydrogens is 244 g/mol. The fraction of sp³-hybridized carbons (Fsp3) is 0.786. The van der Waals surface area contributed by atoms with Crippen molar-refractivity contribution in [3.63, 3.8) is 0 Å². The smallest absolute Gasteiger partial charge is 0.310 e. The largest absolute Gasteiger partial charge is 0.481 e. The zero-order chi connectivity index (χ0) is 13.9. The summed E-state index contributed by atoms with van der Waals surface area (Å²) in [4.78, 5) is 23.4. The number of carbonyl (C=O) groups is 2. The Morgan fingerprint density at radius 2 is 1.95 bits per heavy atom. The number of nitrogens with zero attached hydrogens (tertiary/aromatic N) is 1. The van der Waals surface area contributed by atoms with E-state index in [1.807, 2.05) is 0 Å². The molecule has 2 N–H and O–H groups in total. The lowest BCUT2D eigenvalue weighted by molar-refractivity contribution is -0.151. The topological polar surface area (TPSA) is 90.2 Å². The van der Waals surface area contributed by atoms with Crippen LogP contribution < -0.4 is 5.32 Å². The van der Waals surface area contributed by atoms with E-state index in [0.29, 0.717) is 12.8 Å². The van der Waals surface area contributed by atoms with E-state index in [1.165, 1.54) is 0 Å². The molecule has 19 heavy (non-hydrogen) atoms. The van der Waals surface area contributed by atoms with Crippen molar-refractivity contribution >= 4 is 11.9 Å². The van der Waals surface area contributed by atoms with Gasteiger partial charge in [-0.1, -0.05) is 12.8 Å². The van der Waals surface area contributed by atoms with Gasteiger partial charge >= 0.3 is 5.97 Å². The predicted molar refractivity (Wildman–Crippen MR) is 68.0 cm³/mol. The lowest BCUT2D eigenvalue weighted by Gasteiger charge is -2.24. The average molecular weight is 264 g/mol. The first-order valence-corrected chi connectivity index (χ1v) is 7.00. The number of hydrogen-bond donors (Lipinski definition) is 2. The SMILES string of the molecule is N#CC1CCCC1NC(=O)CC1(C(=O)O)CCCC1. The summed E-state index contributed by atoms with van der Waals surface area (Å²) in [6.45, 7) is 0. The minimum atomic E-state index is -0.870. The van der Waals surface area contributed by atoms with Crippen LogP contribution in [0.1, 0.15) is 51.4 Å². The third kappa shape index (κ3) is 2.89. The van der Waals surface area contributed by atoms with Crippen LogP contribution >= 0.6 is 0 Å². The zero-order valence-corrected chi connectivity index (χ0v) is 11.0. The highest BCUT2D eigenvalue weighted by Crippen LogP contribution is 2.41. The van der Waals surface area contributed by atoms with Crippen molar-refractivity contribution in [1.82, 2.24) is 5.32 Å². The van der Waals surface area contributed by atoms with Gasteiger partial charge in [0.25, 0.3) is 0 Å². The number of hydrogen-bond acceptors (Lipinski definition) is 3. The summed E-state index contributed by atoms with van der Waals surface area (Å²) in [5.41, 5.74) is -0.870. The molecule has 2 saturated carbocycles. The Kier molecular flexibility index (Phi) is 4.08. The highest BCUT2D eigenvalue weighted by molar-refractivity contribution is 5.85. The molecule has 5 heteroatoms. The second kappa shape index (κ2) is 5.60. The molecule has 0 heterocycles. The molecule has 0 aromatic rings. The molecule has 0 radical (unpaired) electrons. The molecule has 104 valence electrons. The van der Waals surface area contributed by atoms with E-state index in [2.05, 4.69) is 11.4 Å². The van der Waals surface area contributed by atoms with Crippen LogP contribution in [0.25, 0.3) is 0 Å². The van der Waals surface area contributed by atoms with Gasteiger partial charge in [-0.2, -0.15) is 5.26 Å². The Bertz CT molecular complexity index is 407. The van der Waals surface area contributed by atoms with E-state index in [1.54, 1.807) is 0 Å². The average Bonchev–Trinajstić information content (AvgIpc) is 2.98. The lowest BCUT2D eigenvalue weighted by Crippen LogP contribution is -2.41. The van der Waals surface area contributed by atoms with E-state index in [4.69, 9.17) is 5.26 Å². The maximum atomic E-state index is 12.0. The number of nitrogens with one attached hydrogen (secondary N) is 1. The number of amides is 1. The van der Waals surface area contributed by atoms with Gasteiger partial charge in [0.2, 0.25) is 5.91 Å². The van der Waals surface area contributed by atoms with E-state index >= 15 is 0 Å². The molecule has 1 amide bonds. The molecule has 0 aromatic carbocycles. The Balaban J connectivity index is 1.94. The molecule has 0 aliphatic heterocycles. The van der Waals surface area contributed by atoms with Crippen LogP contribution in [-0.4, -0.2) is 23.0 Å². The molecule has 2 rings (SSSR count). The molecular formula is C14H20N2O3. The second-order valence-corrected chi connectivity index (χ2v) is 5.81. The van der Waals surface area contributed by atoms with E-state index in [9.17, 15) is 14.7 Å². The van der Waals surface area contributed by atoms with Crippen LogP contribution in [0.5, 0.6) is 0 Å². The van der Waals surface area contributed by atoms with Gasteiger partial charge in [-0.3, -0.25) is 9.59 Å². The van der Waals surface area contributed by atoms with Gasteiger partial charge in [0.05, 0.1) is 17.4 Å². The Morgan fingerprint density at radius 3 is 2.53 bits per heavy atom. The molecule has 2 aliphatic rings. The summed E-state index contributed by atoms with van der Waals surface area (Å²) in [6, 6.07) is 2.12. The van der Waals surface area contributed by atoms with Crippen molar-refractivity contribution in [3.05, 3.63) is 0 Å². The van der Waals surface area contributed by atoms with Crippen molar-refractivity contribution in [3.8, 4) is 6.07 Å². The molecule has 2 fully saturated rings. The summed E-state index contributed by atoms with van der Waals surface area (Å²) in [7, 11) is 0. The maximum Gasteiger partial charge on any atom is 0.310 e. The summed E-state index contributed by atoms with van der Waals surface area (Å²) >= 11 is 0. The molecule has 2 aliphatic carbocycles. The van der Waals surface area contributed by atoms with Gasteiger partial charge in [0, 0.05) is 12.5 Å². The van der Waals surface area contributed by atoms with Gasteiger partial charge in [0.1, 0.15) is 0 Å². The fourth-order valence-corrected chi connectivity index (χ4v) is 3.37. The fourth-order valence-electron chi connectivity index (χ4n) is 3.37. The monoisotopic (exact) mass is 264 g/mol. The Labute approximate surface area is 113 Å². The number of carboxylic acids is 1. The number of nitriles is 1. The van der Waals surface area contributed by atoms with Crippen molar-refractivity contribution in [1.29, 1.82) is 5.26 Å². The number of rotatable bonds is 4. The lowest BCUT2D eigenvalue weighted by atomic mass is 9.82. The summed E-state index contributed by atoms with van der Waals surface area (Å²) in [6.07, 6.45) is 5.58. The molecule has 0 bridgehead atoms.